The molecule has 180 valence electrons. The van der Waals surface area contributed by atoms with Gasteiger partial charge in [-0.1, -0.05) is 54.6 Å². The number of benzene rings is 2. The predicted octanol–water partition coefficient (Wildman–Crippen LogP) is 4.43. The lowest BCUT2D eigenvalue weighted by atomic mass is 9.71. The second kappa shape index (κ2) is 9.03. The molecule has 2 aliphatic rings. The third-order valence-electron chi connectivity index (χ3n) is 6.86. The number of carbonyl (C=O) groups excluding carboxylic acids is 1. The maximum atomic E-state index is 12.8. The van der Waals surface area contributed by atoms with Crippen LogP contribution in [-0.2, 0) is 15.1 Å². The lowest BCUT2D eigenvalue weighted by Crippen LogP contribution is -2.50. The summed E-state index contributed by atoms with van der Waals surface area (Å²) in [5.74, 6) is 0.185. The first-order valence-electron chi connectivity index (χ1n) is 11.6. The largest absolute Gasteiger partial charge is 0.465 e. The number of fused-ring (bicyclic) bond motifs is 1. The minimum Gasteiger partial charge on any atom is -0.465 e. The quantitative estimate of drug-likeness (QED) is 0.549. The number of aromatic nitrogens is 1. The van der Waals surface area contributed by atoms with Crippen molar-refractivity contribution >= 4 is 17.7 Å². The van der Waals surface area contributed by atoms with Gasteiger partial charge in [0, 0.05) is 25.3 Å². The van der Waals surface area contributed by atoms with E-state index < -0.39 is 17.7 Å². The Morgan fingerprint density at radius 3 is 2.49 bits per heavy atom. The van der Waals surface area contributed by atoms with Gasteiger partial charge in [-0.05, 0) is 36.5 Å². The lowest BCUT2D eigenvalue weighted by molar-refractivity contribution is -0.128. The summed E-state index contributed by atoms with van der Waals surface area (Å²) >= 11 is 0. The molecule has 1 unspecified atom stereocenters. The Morgan fingerprint density at radius 1 is 1.17 bits per heavy atom. The summed E-state index contributed by atoms with van der Waals surface area (Å²) in [6, 6.07) is 19.6. The molecule has 0 radical (unpaired) electrons. The molecule has 0 saturated heterocycles. The second-order valence-corrected chi connectivity index (χ2v) is 8.98. The minimum atomic E-state index is -1.02. The molecule has 1 aliphatic carbocycles. The van der Waals surface area contributed by atoms with Gasteiger partial charge < -0.3 is 24.8 Å². The van der Waals surface area contributed by atoms with Crippen LogP contribution in [0.3, 0.4) is 0 Å². The fourth-order valence-corrected chi connectivity index (χ4v) is 4.82. The number of carbonyl (C=O) groups is 2. The predicted molar refractivity (Wildman–Crippen MR) is 132 cm³/mol. The number of hydrogen-bond acceptors (Lipinski definition) is 5. The molecule has 2 heterocycles. The lowest BCUT2D eigenvalue weighted by Gasteiger charge is -2.42. The second-order valence-electron chi connectivity index (χ2n) is 8.98. The van der Waals surface area contributed by atoms with Crippen molar-refractivity contribution in [1.82, 2.24) is 10.3 Å². The SMILES string of the molecule is COCC1Oc2nc(-c3ccc(C4(NC(=O)O)CCC4)cc3)c(-c3ccccc3)cc2N(C)C1=O. The zero-order valence-corrected chi connectivity index (χ0v) is 19.7. The molecule has 3 aromatic rings. The van der Waals surface area contributed by atoms with E-state index in [2.05, 4.69) is 5.32 Å². The van der Waals surface area contributed by atoms with E-state index in [0.717, 1.165) is 41.5 Å². The normalized spacial score (nSPS) is 18.3. The van der Waals surface area contributed by atoms with E-state index in [1.54, 1.807) is 11.9 Å². The molecule has 0 spiro atoms. The molecule has 1 aliphatic heterocycles. The first-order chi connectivity index (χ1) is 16.9. The van der Waals surface area contributed by atoms with E-state index in [1.165, 1.54) is 7.11 Å². The molecule has 2 aromatic carbocycles. The molecule has 2 N–H and O–H groups in total. The average Bonchev–Trinajstić information content (AvgIpc) is 2.85. The molecule has 8 heteroatoms. The van der Waals surface area contributed by atoms with Gasteiger partial charge in [0.1, 0.15) is 5.69 Å². The molecule has 1 saturated carbocycles. The van der Waals surface area contributed by atoms with Gasteiger partial charge in [-0.15, -0.1) is 0 Å². The number of methoxy groups -OCH3 is 1. The fourth-order valence-electron chi connectivity index (χ4n) is 4.82. The molecule has 1 aromatic heterocycles. The van der Waals surface area contributed by atoms with E-state index in [0.29, 0.717) is 17.3 Å². The van der Waals surface area contributed by atoms with E-state index in [-0.39, 0.29) is 12.5 Å². The third kappa shape index (κ3) is 4.10. The van der Waals surface area contributed by atoms with E-state index in [4.69, 9.17) is 14.5 Å². The van der Waals surface area contributed by atoms with Gasteiger partial charge in [0.05, 0.1) is 17.8 Å². The highest BCUT2D eigenvalue weighted by Crippen LogP contribution is 2.43. The fraction of sp³-hybridized carbons (Fsp3) is 0.296. The zero-order valence-electron chi connectivity index (χ0n) is 19.7. The monoisotopic (exact) mass is 473 g/mol. The van der Waals surface area contributed by atoms with Crippen molar-refractivity contribution in [1.29, 1.82) is 0 Å². The van der Waals surface area contributed by atoms with Crippen LogP contribution in [0.5, 0.6) is 5.88 Å². The van der Waals surface area contributed by atoms with Crippen LogP contribution < -0.4 is 15.0 Å². The highest BCUT2D eigenvalue weighted by molar-refractivity contribution is 6.00. The molecular formula is C27H27N3O5. The molecule has 35 heavy (non-hydrogen) atoms. The summed E-state index contributed by atoms with van der Waals surface area (Å²) in [4.78, 5) is 30.6. The highest BCUT2D eigenvalue weighted by atomic mass is 16.5. The number of amides is 2. The number of nitrogens with zero attached hydrogens (tertiary/aromatic N) is 2. The van der Waals surface area contributed by atoms with Crippen LogP contribution in [0.25, 0.3) is 22.4 Å². The van der Waals surface area contributed by atoms with Gasteiger partial charge >= 0.3 is 6.09 Å². The first kappa shape index (κ1) is 22.9. The van der Waals surface area contributed by atoms with Crippen LogP contribution in [0.4, 0.5) is 10.5 Å². The summed E-state index contributed by atoms with van der Waals surface area (Å²) in [5, 5.41) is 12.0. The average molecular weight is 474 g/mol. The number of nitrogens with one attached hydrogen (secondary N) is 1. The van der Waals surface area contributed by atoms with Crippen LogP contribution in [0.1, 0.15) is 24.8 Å². The number of pyridine rings is 1. The van der Waals surface area contributed by atoms with Crippen molar-refractivity contribution in [2.24, 2.45) is 0 Å². The van der Waals surface area contributed by atoms with Crippen molar-refractivity contribution in [3.8, 4) is 28.3 Å². The number of hydrogen-bond donors (Lipinski definition) is 2. The summed E-state index contributed by atoms with van der Waals surface area (Å²) in [5.41, 5.74) is 4.42. The van der Waals surface area contributed by atoms with Gasteiger partial charge in [-0.2, -0.15) is 0 Å². The van der Waals surface area contributed by atoms with Gasteiger partial charge in [-0.3, -0.25) is 4.79 Å². The van der Waals surface area contributed by atoms with Crippen molar-refractivity contribution < 1.29 is 24.2 Å². The Labute approximate surface area is 203 Å². The van der Waals surface area contributed by atoms with Gasteiger partial charge in [-0.25, -0.2) is 9.78 Å². The van der Waals surface area contributed by atoms with Crippen molar-refractivity contribution in [2.45, 2.75) is 30.9 Å². The van der Waals surface area contributed by atoms with Crippen molar-refractivity contribution in [3.05, 3.63) is 66.2 Å². The summed E-state index contributed by atoms with van der Waals surface area (Å²) in [6.07, 6.45) is 0.764. The Bertz CT molecular complexity index is 1260. The molecule has 0 bridgehead atoms. The Balaban J connectivity index is 1.60. The summed E-state index contributed by atoms with van der Waals surface area (Å²) < 4.78 is 11.1. The molecular weight excluding hydrogens is 446 g/mol. The maximum Gasteiger partial charge on any atom is 0.405 e. The highest BCUT2D eigenvalue weighted by Gasteiger charge is 2.40. The molecule has 1 fully saturated rings. The molecule has 8 nitrogen and oxygen atoms in total. The molecule has 2 amide bonds. The van der Waals surface area contributed by atoms with Crippen LogP contribution >= 0.6 is 0 Å². The molecule has 1 atom stereocenters. The minimum absolute atomic E-state index is 0.132. The van der Waals surface area contributed by atoms with E-state index >= 15 is 0 Å². The van der Waals surface area contributed by atoms with Crippen LogP contribution in [0.15, 0.2) is 60.7 Å². The van der Waals surface area contributed by atoms with Gasteiger partial charge in [0.2, 0.25) is 12.0 Å². The van der Waals surface area contributed by atoms with Crippen LogP contribution in [0.2, 0.25) is 0 Å². The molecule has 5 rings (SSSR count). The number of likely N-dealkylation sites (N-methyl/N-ethyl adjacent to an activating group) is 1. The van der Waals surface area contributed by atoms with E-state index in [9.17, 15) is 14.7 Å². The van der Waals surface area contributed by atoms with Crippen molar-refractivity contribution in [2.75, 3.05) is 25.7 Å². The van der Waals surface area contributed by atoms with Crippen molar-refractivity contribution in [3.63, 3.8) is 0 Å². The van der Waals surface area contributed by atoms with E-state index in [1.807, 2.05) is 60.7 Å². The first-order valence-corrected chi connectivity index (χ1v) is 11.6. The summed E-state index contributed by atoms with van der Waals surface area (Å²) in [6.45, 7) is 0.132. The number of rotatable bonds is 6. The standard InChI is InChI=1S/C27H27N3O5/c1-30-21-15-20(17-7-4-3-5-8-17)23(28-24(21)35-22(16-34-2)25(30)31)18-9-11-19(12-10-18)27(13-6-14-27)29-26(32)33/h3-5,7-12,15,22,29H,6,13-14,16H2,1-2H3,(H,32,33). The topological polar surface area (TPSA) is 101 Å². The smallest absolute Gasteiger partial charge is 0.405 e. The number of anilines is 1. The maximum absolute atomic E-state index is 12.8. The van der Waals surface area contributed by atoms with Gasteiger partial charge in [0.15, 0.2) is 0 Å². The van der Waals surface area contributed by atoms with Crippen LogP contribution in [-0.4, -0.2) is 49.0 Å². The summed E-state index contributed by atoms with van der Waals surface area (Å²) in [7, 11) is 3.24. The Hall–Kier alpha value is -3.91. The Morgan fingerprint density at radius 2 is 1.89 bits per heavy atom. The number of ether oxygens (including phenoxy) is 2. The van der Waals surface area contributed by atoms with Crippen LogP contribution in [0, 0.1) is 0 Å². The third-order valence-corrected chi connectivity index (χ3v) is 6.86. The van der Waals surface area contributed by atoms with Gasteiger partial charge in [0.25, 0.3) is 5.91 Å². The Kier molecular flexibility index (Phi) is 5.90. The zero-order chi connectivity index (χ0) is 24.6. The number of carboxylic acid groups (broad SMARTS) is 1.